The highest BCUT2D eigenvalue weighted by atomic mass is 16.6. The number of methoxy groups -OCH3 is 1. The van der Waals surface area contributed by atoms with Crippen LogP contribution in [-0.2, 0) is 22.5 Å². The molecule has 0 radical (unpaired) electrons. The molecule has 2 aromatic rings. The van der Waals surface area contributed by atoms with Crippen LogP contribution in [0.4, 0.5) is 0 Å². The summed E-state index contributed by atoms with van der Waals surface area (Å²) in [5, 5.41) is 13.6. The van der Waals surface area contributed by atoms with Crippen molar-refractivity contribution in [2.24, 2.45) is 5.92 Å². The quantitative estimate of drug-likeness (QED) is 0.693. The number of carbonyl (C=O) groups excluding carboxylic acids is 1. The maximum atomic E-state index is 12.6. The van der Waals surface area contributed by atoms with Gasteiger partial charge in [-0.3, -0.25) is 9.69 Å². The number of aliphatic hydroxyl groups excluding tert-OH is 1. The Hall–Kier alpha value is -2.41. The van der Waals surface area contributed by atoms with Crippen LogP contribution in [-0.4, -0.2) is 61.0 Å². The van der Waals surface area contributed by atoms with E-state index in [0.29, 0.717) is 26.1 Å². The Kier molecular flexibility index (Phi) is 6.13. The van der Waals surface area contributed by atoms with E-state index in [1.165, 1.54) is 5.56 Å². The molecular formula is C23H28N2O4. The number of β-amino-alcohol motifs (C(OH)–C–C–N with tert-alkyl or cyclic N) is 1. The third-order valence-corrected chi connectivity index (χ3v) is 5.77. The topological polar surface area (TPSA) is 71.0 Å². The molecule has 6 heteroatoms. The zero-order valence-electron chi connectivity index (χ0n) is 16.7. The zero-order valence-corrected chi connectivity index (χ0v) is 16.7. The summed E-state index contributed by atoms with van der Waals surface area (Å²) in [7, 11) is 1.64. The van der Waals surface area contributed by atoms with Crippen LogP contribution in [0.2, 0.25) is 0 Å². The van der Waals surface area contributed by atoms with Crippen molar-refractivity contribution in [1.29, 1.82) is 0 Å². The molecule has 6 nitrogen and oxygen atoms in total. The minimum atomic E-state index is -0.678. The van der Waals surface area contributed by atoms with Gasteiger partial charge in [0.2, 0.25) is 0 Å². The van der Waals surface area contributed by atoms with Gasteiger partial charge in [-0.2, -0.15) is 0 Å². The van der Waals surface area contributed by atoms with Gasteiger partial charge in [-0.1, -0.05) is 42.5 Å². The lowest BCUT2D eigenvalue weighted by atomic mass is 9.98. The number of hydrogen-bond donors (Lipinski definition) is 2. The molecule has 2 N–H and O–H groups in total. The molecule has 3 atom stereocenters. The molecule has 0 aliphatic carbocycles. The van der Waals surface area contributed by atoms with Gasteiger partial charge < -0.3 is 19.9 Å². The van der Waals surface area contributed by atoms with E-state index in [0.717, 1.165) is 17.9 Å². The Morgan fingerprint density at radius 2 is 1.83 bits per heavy atom. The van der Waals surface area contributed by atoms with E-state index < -0.39 is 12.2 Å². The molecule has 0 aromatic heterocycles. The molecule has 0 spiro atoms. The SMILES string of the molecule is COc1ccc(C[C@H]2NC[C@H](O)[C@H]2OC(=O)C2CN(Cc3ccccc3)C2)cc1. The van der Waals surface area contributed by atoms with Crippen LogP contribution in [0.25, 0.3) is 0 Å². The summed E-state index contributed by atoms with van der Waals surface area (Å²) in [6.07, 6.45) is -0.514. The first-order chi connectivity index (χ1) is 14.1. The summed E-state index contributed by atoms with van der Waals surface area (Å²) in [5.74, 6) is 0.483. The highest BCUT2D eigenvalue weighted by molar-refractivity contribution is 5.74. The van der Waals surface area contributed by atoms with Crippen molar-refractivity contribution in [3.63, 3.8) is 0 Å². The van der Waals surface area contributed by atoms with E-state index in [2.05, 4.69) is 22.3 Å². The zero-order chi connectivity index (χ0) is 20.2. The Morgan fingerprint density at radius 1 is 1.10 bits per heavy atom. The lowest BCUT2D eigenvalue weighted by molar-refractivity contribution is -0.165. The fourth-order valence-electron chi connectivity index (χ4n) is 4.06. The molecule has 2 aromatic carbocycles. The van der Waals surface area contributed by atoms with Gasteiger partial charge in [0.1, 0.15) is 18.0 Å². The second-order valence-corrected chi connectivity index (χ2v) is 7.91. The Balaban J connectivity index is 1.28. The van der Waals surface area contributed by atoms with Gasteiger partial charge in [0.15, 0.2) is 0 Å². The van der Waals surface area contributed by atoms with E-state index in [-0.39, 0.29) is 17.9 Å². The van der Waals surface area contributed by atoms with Gasteiger partial charge in [-0.25, -0.2) is 0 Å². The van der Waals surface area contributed by atoms with Crippen molar-refractivity contribution in [2.45, 2.75) is 31.2 Å². The average molecular weight is 396 g/mol. The third kappa shape index (κ3) is 4.78. The first kappa shape index (κ1) is 19.9. The van der Waals surface area contributed by atoms with Crippen LogP contribution in [0.5, 0.6) is 5.75 Å². The van der Waals surface area contributed by atoms with Crippen molar-refractivity contribution < 1.29 is 19.4 Å². The van der Waals surface area contributed by atoms with Crippen LogP contribution >= 0.6 is 0 Å². The fourth-order valence-corrected chi connectivity index (χ4v) is 4.06. The predicted molar refractivity (Wildman–Crippen MR) is 110 cm³/mol. The van der Waals surface area contributed by atoms with Crippen molar-refractivity contribution in [3.8, 4) is 5.75 Å². The molecule has 0 unspecified atom stereocenters. The summed E-state index contributed by atoms with van der Waals surface area (Å²) >= 11 is 0. The van der Waals surface area contributed by atoms with Crippen molar-refractivity contribution in [3.05, 3.63) is 65.7 Å². The maximum Gasteiger partial charge on any atom is 0.311 e. The summed E-state index contributed by atoms with van der Waals surface area (Å²) in [5.41, 5.74) is 2.35. The lowest BCUT2D eigenvalue weighted by Crippen LogP contribution is -2.52. The van der Waals surface area contributed by atoms with E-state index in [1.54, 1.807) is 7.11 Å². The molecule has 29 heavy (non-hydrogen) atoms. The largest absolute Gasteiger partial charge is 0.497 e. The molecule has 2 saturated heterocycles. The summed E-state index contributed by atoms with van der Waals surface area (Å²) in [4.78, 5) is 14.8. The van der Waals surface area contributed by atoms with Gasteiger partial charge in [-0.15, -0.1) is 0 Å². The number of likely N-dealkylation sites (tertiary alicyclic amines) is 1. The number of benzene rings is 2. The number of carbonyl (C=O) groups is 1. The maximum absolute atomic E-state index is 12.6. The van der Waals surface area contributed by atoms with Crippen molar-refractivity contribution in [1.82, 2.24) is 10.2 Å². The first-order valence-electron chi connectivity index (χ1n) is 10.1. The van der Waals surface area contributed by atoms with E-state index in [4.69, 9.17) is 9.47 Å². The second kappa shape index (κ2) is 8.95. The third-order valence-electron chi connectivity index (χ3n) is 5.77. The number of esters is 1. The summed E-state index contributed by atoms with van der Waals surface area (Å²) in [6, 6.07) is 18.0. The monoisotopic (exact) mass is 396 g/mol. The Bertz CT molecular complexity index is 805. The van der Waals surface area contributed by atoms with Gasteiger partial charge in [-0.05, 0) is 29.7 Å². The van der Waals surface area contributed by atoms with Gasteiger partial charge in [0.05, 0.1) is 19.1 Å². The van der Waals surface area contributed by atoms with Crippen LogP contribution in [0.15, 0.2) is 54.6 Å². The lowest BCUT2D eigenvalue weighted by Gasteiger charge is -2.38. The standard InChI is InChI=1S/C23H28N2O4/c1-28-19-9-7-16(8-10-19)11-20-22(21(26)12-24-20)29-23(27)18-14-25(15-18)13-17-5-3-2-4-6-17/h2-10,18,20-22,24,26H,11-15H2,1H3/t20-,21+,22+/m1/s1. The highest BCUT2D eigenvalue weighted by Crippen LogP contribution is 2.24. The van der Waals surface area contributed by atoms with E-state index in [9.17, 15) is 9.90 Å². The molecule has 2 fully saturated rings. The highest BCUT2D eigenvalue weighted by Gasteiger charge is 2.41. The number of hydrogen-bond acceptors (Lipinski definition) is 6. The minimum absolute atomic E-state index is 0.0946. The number of ether oxygens (including phenoxy) is 2. The van der Waals surface area contributed by atoms with Crippen molar-refractivity contribution >= 4 is 5.97 Å². The fraction of sp³-hybridized carbons (Fsp3) is 0.435. The first-order valence-corrected chi connectivity index (χ1v) is 10.1. The number of nitrogens with zero attached hydrogens (tertiary/aromatic N) is 1. The van der Waals surface area contributed by atoms with Crippen LogP contribution in [0.1, 0.15) is 11.1 Å². The molecule has 4 rings (SSSR count). The molecule has 0 bridgehead atoms. The molecular weight excluding hydrogens is 368 g/mol. The normalized spacial score (nSPS) is 24.8. The number of aliphatic hydroxyl groups is 1. The molecule has 2 aliphatic rings. The van der Waals surface area contributed by atoms with Gasteiger partial charge in [0, 0.05) is 26.2 Å². The summed E-state index contributed by atoms with van der Waals surface area (Å²) < 4.78 is 10.9. The molecule has 0 amide bonds. The van der Waals surface area contributed by atoms with E-state index in [1.807, 2.05) is 42.5 Å². The minimum Gasteiger partial charge on any atom is -0.497 e. The number of rotatable bonds is 7. The predicted octanol–water partition coefficient (Wildman–Crippen LogP) is 1.61. The average Bonchev–Trinajstić information content (AvgIpc) is 3.05. The molecule has 2 heterocycles. The Morgan fingerprint density at radius 3 is 2.52 bits per heavy atom. The molecule has 154 valence electrons. The number of nitrogens with one attached hydrogen (secondary N) is 1. The van der Waals surface area contributed by atoms with Gasteiger partial charge >= 0.3 is 5.97 Å². The molecule has 0 saturated carbocycles. The second-order valence-electron chi connectivity index (χ2n) is 7.91. The smallest absolute Gasteiger partial charge is 0.311 e. The summed E-state index contributed by atoms with van der Waals surface area (Å²) in [6.45, 7) is 2.68. The van der Waals surface area contributed by atoms with Gasteiger partial charge in [0.25, 0.3) is 0 Å². The van der Waals surface area contributed by atoms with Crippen LogP contribution in [0.3, 0.4) is 0 Å². The van der Waals surface area contributed by atoms with Crippen LogP contribution < -0.4 is 10.1 Å². The Labute approximate surface area is 171 Å². The van der Waals surface area contributed by atoms with Crippen molar-refractivity contribution in [2.75, 3.05) is 26.7 Å². The van der Waals surface area contributed by atoms with E-state index >= 15 is 0 Å². The molecule has 2 aliphatic heterocycles. The van der Waals surface area contributed by atoms with Crippen LogP contribution in [0, 0.1) is 5.92 Å².